The summed E-state index contributed by atoms with van der Waals surface area (Å²) in [5, 5.41) is 6.96. The fourth-order valence-electron chi connectivity index (χ4n) is 1.74. The number of hydrogen-bond acceptors (Lipinski definition) is 4. The van der Waals surface area contributed by atoms with Crippen molar-refractivity contribution in [1.82, 2.24) is 19.6 Å². The maximum Gasteiger partial charge on any atom is 0.295 e. The number of aromatic nitrogens is 4. The van der Waals surface area contributed by atoms with Crippen LogP contribution in [0.3, 0.4) is 0 Å². The van der Waals surface area contributed by atoms with Crippen LogP contribution in [-0.2, 0) is 0 Å². The van der Waals surface area contributed by atoms with E-state index < -0.39 is 0 Å². The minimum absolute atomic E-state index is 0.103. The van der Waals surface area contributed by atoms with Crippen LogP contribution in [0.15, 0.2) is 36.5 Å². The summed E-state index contributed by atoms with van der Waals surface area (Å²) in [6.45, 7) is 1.88. The number of nitrogens with zero attached hydrogens (tertiary/aromatic N) is 4. The Morgan fingerprint density at radius 1 is 1.30 bits per heavy atom. The van der Waals surface area contributed by atoms with E-state index in [1.807, 2.05) is 37.3 Å². The number of para-hydroxylation sites is 1. The minimum atomic E-state index is -0.348. The number of carbonyl (C=O) groups excluding carboxylic acids is 1. The fourth-order valence-corrected chi connectivity index (χ4v) is 2.27. The van der Waals surface area contributed by atoms with Crippen LogP contribution >= 0.6 is 22.6 Å². The van der Waals surface area contributed by atoms with Crippen LogP contribution in [-0.4, -0.2) is 25.5 Å². The minimum Gasteiger partial charge on any atom is -0.318 e. The van der Waals surface area contributed by atoms with Crippen molar-refractivity contribution in [3.05, 3.63) is 51.6 Å². The van der Waals surface area contributed by atoms with Gasteiger partial charge in [0.2, 0.25) is 5.82 Å². The van der Waals surface area contributed by atoms with E-state index in [9.17, 15) is 4.79 Å². The number of nitrogens with one attached hydrogen (secondary N) is 1. The van der Waals surface area contributed by atoms with Gasteiger partial charge in [0.1, 0.15) is 0 Å². The average Bonchev–Trinajstić information content (AvgIpc) is 2.87. The summed E-state index contributed by atoms with van der Waals surface area (Å²) in [6, 6.07) is 9.33. The summed E-state index contributed by atoms with van der Waals surface area (Å²) >= 11 is 2.16. The van der Waals surface area contributed by atoms with E-state index in [0.29, 0.717) is 5.78 Å². The highest BCUT2D eigenvalue weighted by molar-refractivity contribution is 14.1. The summed E-state index contributed by atoms with van der Waals surface area (Å²) in [7, 11) is 0. The molecule has 0 atom stereocenters. The number of halogens is 1. The number of aryl methyl sites for hydroxylation is 1. The standard InChI is InChI=1S/C13H10IN5O/c1-8-6-7-15-13-17-11(18-19(8)13)12(20)16-10-5-3-2-4-9(10)14/h2-7H,1H3,(H,16,20). The predicted octanol–water partition coefficient (Wildman–Crippen LogP) is 2.29. The first kappa shape index (κ1) is 13.0. The van der Waals surface area contributed by atoms with Crippen molar-refractivity contribution in [2.45, 2.75) is 6.92 Å². The second-order valence-corrected chi connectivity index (χ2v) is 5.33. The number of fused-ring (bicyclic) bond motifs is 1. The van der Waals surface area contributed by atoms with Crippen molar-refractivity contribution in [3.63, 3.8) is 0 Å². The number of carbonyl (C=O) groups is 1. The third-order valence-electron chi connectivity index (χ3n) is 2.76. The molecule has 0 spiro atoms. The summed E-state index contributed by atoms with van der Waals surface area (Å²) in [5.74, 6) is 0.170. The lowest BCUT2D eigenvalue weighted by molar-refractivity contribution is 0.101. The number of hydrogen-bond donors (Lipinski definition) is 1. The van der Waals surface area contributed by atoms with Crippen LogP contribution < -0.4 is 5.32 Å². The maximum atomic E-state index is 12.2. The van der Waals surface area contributed by atoms with Gasteiger partial charge in [0.25, 0.3) is 11.7 Å². The van der Waals surface area contributed by atoms with Gasteiger partial charge in [-0.05, 0) is 47.7 Å². The molecule has 3 rings (SSSR count). The molecule has 1 aromatic carbocycles. The number of anilines is 1. The normalized spacial score (nSPS) is 10.7. The van der Waals surface area contributed by atoms with Crippen molar-refractivity contribution in [2.24, 2.45) is 0 Å². The van der Waals surface area contributed by atoms with Crippen molar-refractivity contribution >= 4 is 40.0 Å². The molecule has 7 heteroatoms. The van der Waals surface area contributed by atoms with Crippen LogP contribution in [0.25, 0.3) is 5.78 Å². The fraction of sp³-hybridized carbons (Fsp3) is 0.0769. The third kappa shape index (κ3) is 2.36. The van der Waals surface area contributed by atoms with Crippen LogP contribution in [0.2, 0.25) is 0 Å². The molecule has 0 saturated heterocycles. The van der Waals surface area contributed by atoms with Gasteiger partial charge in [0.05, 0.1) is 5.69 Å². The van der Waals surface area contributed by atoms with E-state index in [1.54, 1.807) is 10.7 Å². The van der Waals surface area contributed by atoms with E-state index in [4.69, 9.17) is 0 Å². The smallest absolute Gasteiger partial charge is 0.295 e. The van der Waals surface area contributed by atoms with Gasteiger partial charge in [-0.15, -0.1) is 5.10 Å². The van der Waals surface area contributed by atoms with E-state index in [1.165, 1.54) is 0 Å². The largest absolute Gasteiger partial charge is 0.318 e. The summed E-state index contributed by atoms with van der Waals surface area (Å²) in [4.78, 5) is 20.4. The monoisotopic (exact) mass is 379 g/mol. The Labute approximate surface area is 128 Å². The highest BCUT2D eigenvalue weighted by Crippen LogP contribution is 2.17. The summed E-state index contributed by atoms with van der Waals surface area (Å²) in [5.41, 5.74) is 1.61. The lowest BCUT2D eigenvalue weighted by Gasteiger charge is -2.04. The van der Waals surface area contributed by atoms with Crippen molar-refractivity contribution in [3.8, 4) is 0 Å². The average molecular weight is 379 g/mol. The second-order valence-electron chi connectivity index (χ2n) is 4.17. The molecule has 2 aromatic heterocycles. The Bertz CT molecular complexity index is 798. The number of amides is 1. The first-order valence-corrected chi connectivity index (χ1v) is 6.97. The molecule has 6 nitrogen and oxygen atoms in total. The molecule has 0 radical (unpaired) electrons. The molecule has 0 unspecified atom stereocenters. The molecule has 1 N–H and O–H groups in total. The Morgan fingerprint density at radius 2 is 2.10 bits per heavy atom. The zero-order valence-corrected chi connectivity index (χ0v) is 12.7. The molecule has 0 saturated carbocycles. The predicted molar refractivity (Wildman–Crippen MR) is 82.6 cm³/mol. The first-order chi connectivity index (χ1) is 9.65. The highest BCUT2D eigenvalue weighted by atomic mass is 127. The van der Waals surface area contributed by atoms with Gasteiger partial charge in [-0.25, -0.2) is 9.50 Å². The molecule has 0 fully saturated rings. The molecular formula is C13H10IN5O. The van der Waals surface area contributed by atoms with E-state index in [-0.39, 0.29) is 11.7 Å². The second kappa shape index (κ2) is 5.16. The van der Waals surface area contributed by atoms with E-state index in [2.05, 4.69) is 43.0 Å². The summed E-state index contributed by atoms with van der Waals surface area (Å²) < 4.78 is 2.50. The summed E-state index contributed by atoms with van der Waals surface area (Å²) in [6.07, 6.45) is 1.64. The molecule has 0 aliphatic rings. The molecule has 0 aliphatic heterocycles. The molecule has 3 aromatic rings. The van der Waals surface area contributed by atoms with Crippen LogP contribution in [0, 0.1) is 10.5 Å². The molecule has 100 valence electrons. The topological polar surface area (TPSA) is 72.2 Å². The van der Waals surface area contributed by atoms with Crippen LogP contribution in [0.5, 0.6) is 0 Å². The van der Waals surface area contributed by atoms with Gasteiger partial charge in [-0.3, -0.25) is 4.79 Å². The molecule has 0 bridgehead atoms. The molecule has 0 aliphatic carbocycles. The molecule has 20 heavy (non-hydrogen) atoms. The van der Waals surface area contributed by atoms with Gasteiger partial charge < -0.3 is 5.32 Å². The SMILES string of the molecule is Cc1ccnc2nc(C(=O)Nc3ccccc3I)nn12. The van der Waals surface area contributed by atoms with Gasteiger partial charge in [-0.2, -0.15) is 4.98 Å². The van der Waals surface area contributed by atoms with Gasteiger partial charge in [0.15, 0.2) is 0 Å². The van der Waals surface area contributed by atoms with E-state index in [0.717, 1.165) is 15.0 Å². The molecule has 1 amide bonds. The zero-order chi connectivity index (χ0) is 14.1. The van der Waals surface area contributed by atoms with Crippen molar-refractivity contribution in [1.29, 1.82) is 0 Å². The molecule has 2 heterocycles. The number of benzene rings is 1. The van der Waals surface area contributed by atoms with Gasteiger partial charge in [-0.1, -0.05) is 12.1 Å². The van der Waals surface area contributed by atoms with Crippen molar-refractivity contribution < 1.29 is 4.79 Å². The lowest BCUT2D eigenvalue weighted by atomic mass is 10.3. The zero-order valence-electron chi connectivity index (χ0n) is 10.5. The lowest BCUT2D eigenvalue weighted by Crippen LogP contribution is -2.14. The third-order valence-corrected chi connectivity index (χ3v) is 3.70. The van der Waals surface area contributed by atoms with Crippen LogP contribution in [0.1, 0.15) is 16.3 Å². The Kier molecular flexibility index (Phi) is 3.35. The Balaban J connectivity index is 1.93. The van der Waals surface area contributed by atoms with Gasteiger partial charge in [0, 0.05) is 15.5 Å². The maximum absolute atomic E-state index is 12.2. The highest BCUT2D eigenvalue weighted by Gasteiger charge is 2.15. The van der Waals surface area contributed by atoms with E-state index >= 15 is 0 Å². The quantitative estimate of drug-likeness (QED) is 0.694. The van der Waals surface area contributed by atoms with Crippen LogP contribution in [0.4, 0.5) is 5.69 Å². The Morgan fingerprint density at radius 3 is 2.85 bits per heavy atom. The van der Waals surface area contributed by atoms with Gasteiger partial charge >= 0.3 is 0 Å². The molecular weight excluding hydrogens is 369 g/mol. The first-order valence-electron chi connectivity index (χ1n) is 5.89. The number of rotatable bonds is 2. The Hall–Kier alpha value is -2.03. The van der Waals surface area contributed by atoms with Crippen molar-refractivity contribution in [2.75, 3.05) is 5.32 Å².